The summed E-state index contributed by atoms with van der Waals surface area (Å²) in [7, 11) is 0. The zero-order valence-corrected chi connectivity index (χ0v) is 35.2. The minimum atomic E-state index is -0.0970. The van der Waals surface area contributed by atoms with Crippen molar-refractivity contribution in [1.82, 2.24) is 13.7 Å². The molecular formula is C58H38N4O3. The van der Waals surface area contributed by atoms with E-state index in [9.17, 15) is 14.8 Å². The number of carbonyl (C=O) groups is 2. The van der Waals surface area contributed by atoms with Crippen LogP contribution in [0.15, 0.2) is 211 Å². The molecule has 7 nitrogen and oxygen atoms in total. The van der Waals surface area contributed by atoms with Crippen LogP contribution in [0.25, 0.3) is 82.5 Å². The second kappa shape index (κ2) is 14.9. The van der Waals surface area contributed by atoms with Crippen LogP contribution in [0.3, 0.4) is 0 Å². The maximum Gasteiger partial charge on any atom is 0.193 e. The highest BCUT2D eigenvalue weighted by molar-refractivity contribution is 6.18. The average Bonchev–Trinajstić information content (AvgIpc) is 4.01. The van der Waals surface area contributed by atoms with E-state index in [1.807, 2.05) is 109 Å². The van der Waals surface area contributed by atoms with Gasteiger partial charge in [-0.05, 0) is 134 Å². The van der Waals surface area contributed by atoms with Gasteiger partial charge in [-0.15, -0.1) is 0 Å². The van der Waals surface area contributed by atoms with Gasteiger partial charge in [0.25, 0.3) is 0 Å². The van der Waals surface area contributed by atoms with Crippen molar-refractivity contribution in [2.24, 2.45) is 5.16 Å². The highest BCUT2D eigenvalue weighted by Crippen LogP contribution is 2.37. The molecule has 12 aromatic rings. The van der Waals surface area contributed by atoms with E-state index in [1.165, 1.54) is 21.5 Å². The van der Waals surface area contributed by atoms with Crippen molar-refractivity contribution in [1.29, 1.82) is 0 Å². The molecule has 0 unspecified atom stereocenters. The first-order valence-electron chi connectivity index (χ1n) is 21.6. The third-order valence-corrected chi connectivity index (χ3v) is 12.9. The molecular weight excluding hydrogens is 801 g/mol. The summed E-state index contributed by atoms with van der Waals surface area (Å²) in [5, 5.41) is 19.2. The topological polar surface area (TPSA) is 81.5 Å². The zero-order valence-electron chi connectivity index (χ0n) is 35.2. The molecule has 9 aromatic carbocycles. The number of nitrogens with zero attached hydrogens (tertiary/aromatic N) is 4. The minimum Gasteiger partial charge on any atom is -0.411 e. The van der Waals surface area contributed by atoms with Crippen molar-refractivity contribution in [3.63, 3.8) is 0 Å². The first-order chi connectivity index (χ1) is 31.9. The van der Waals surface area contributed by atoms with Crippen LogP contribution in [0, 0.1) is 0 Å². The van der Waals surface area contributed by atoms with Crippen LogP contribution in [-0.2, 0) is 0 Å². The summed E-state index contributed by atoms with van der Waals surface area (Å²) in [4.78, 5) is 28.7. The Balaban J connectivity index is 0.934. The van der Waals surface area contributed by atoms with Crippen molar-refractivity contribution >= 4 is 82.7 Å². The fraction of sp³-hybridized carbons (Fsp3) is 0.0172. The molecule has 0 aliphatic rings. The molecule has 3 aromatic heterocycles. The van der Waals surface area contributed by atoms with Crippen LogP contribution >= 0.6 is 0 Å². The Morgan fingerprint density at radius 3 is 0.938 bits per heavy atom. The molecule has 12 rings (SSSR count). The number of benzene rings is 9. The third-order valence-electron chi connectivity index (χ3n) is 12.9. The molecule has 7 heteroatoms. The quantitative estimate of drug-likeness (QED) is 0.0716. The van der Waals surface area contributed by atoms with Crippen LogP contribution < -0.4 is 0 Å². The minimum absolute atomic E-state index is 0.0970. The second-order valence-corrected chi connectivity index (χ2v) is 16.5. The summed E-state index contributed by atoms with van der Waals surface area (Å²) < 4.78 is 6.62. The molecule has 1 N–H and O–H groups in total. The average molecular weight is 839 g/mol. The van der Waals surface area contributed by atoms with Gasteiger partial charge in [-0.25, -0.2) is 0 Å². The Morgan fingerprint density at radius 1 is 0.338 bits per heavy atom. The van der Waals surface area contributed by atoms with Crippen LogP contribution in [0.5, 0.6) is 0 Å². The molecule has 0 fully saturated rings. The summed E-state index contributed by atoms with van der Waals surface area (Å²) >= 11 is 0. The smallest absolute Gasteiger partial charge is 0.193 e. The first-order valence-corrected chi connectivity index (χ1v) is 21.6. The maximum atomic E-state index is 14.4. The maximum absolute atomic E-state index is 14.4. The highest BCUT2D eigenvalue weighted by Gasteiger charge is 2.20. The van der Waals surface area contributed by atoms with Crippen molar-refractivity contribution in [3.05, 3.63) is 234 Å². The van der Waals surface area contributed by atoms with E-state index in [4.69, 9.17) is 0 Å². The van der Waals surface area contributed by atoms with Gasteiger partial charge in [-0.3, -0.25) is 9.59 Å². The molecule has 65 heavy (non-hydrogen) atoms. The molecule has 3 heterocycles. The summed E-state index contributed by atoms with van der Waals surface area (Å²) in [5.41, 5.74) is 12.6. The lowest BCUT2D eigenvalue weighted by atomic mass is 9.98. The van der Waals surface area contributed by atoms with Crippen LogP contribution in [0.4, 0.5) is 0 Å². The number of ketones is 2. The number of fused-ring (bicyclic) bond motifs is 9. The Labute approximate surface area is 372 Å². The lowest BCUT2D eigenvalue weighted by Crippen LogP contribution is -2.02. The molecule has 0 bridgehead atoms. The van der Waals surface area contributed by atoms with Crippen LogP contribution in [0.2, 0.25) is 0 Å². The SMILES string of the molecule is C/C(=N\O)c1ccc(-n2c3ccc(C(=O)c4ccc(-n5c6ccccc6c6ccccc65)cc4)cc3c3cc(C(=O)c4ccc(-n5c6ccccc6c6ccccc65)cc4)ccc32)cc1. The number of hydrogen-bond acceptors (Lipinski definition) is 4. The molecule has 0 spiro atoms. The van der Waals surface area contributed by atoms with E-state index >= 15 is 0 Å². The number of rotatable bonds is 8. The van der Waals surface area contributed by atoms with Crippen LogP contribution in [-0.4, -0.2) is 36.2 Å². The van der Waals surface area contributed by atoms with Gasteiger partial charge in [0, 0.05) is 71.6 Å². The van der Waals surface area contributed by atoms with E-state index < -0.39 is 0 Å². The van der Waals surface area contributed by atoms with E-state index in [-0.39, 0.29) is 11.6 Å². The molecule has 0 aliphatic heterocycles. The summed E-state index contributed by atoms with van der Waals surface area (Å²) in [6.07, 6.45) is 0. The van der Waals surface area contributed by atoms with Gasteiger partial charge in [-0.2, -0.15) is 0 Å². The largest absolute Gasteiger partial charge is 0.411 e. The molecule has 0 radical (unpaired) electrons. The lowest BCUT2D eigenvalue weighted by Gasteiger charge is -2.10. The Kier molecular flexibility index (Phi) is 8.71. The molecule has 0 aliphatic carbocycles. The third kappa shape index (κ3) is 6.01. The molecule has 0 amide bonds. The van der Waals surface area contributed by atoms with E-state index in [2.05, 4.69) is 116 Å². The van der Waals surface area contributed by atoms with E-state index in [0.717, 1.165) is 66.5 Å². The summed E-state index contributed by atoms with van der Waals surface area (Å²) in [5.74, 6) is -0.194. The fourth-order valence-electron chi connectivity index (χ4n) is 9.75. The normalized spacial score (nSPS) is 12.0. The predicted molar refractivity (Wildman–Crippen MR) is 263 cm³/mol. The van der Waals surface area contributed by atoms with Crippen molar-refractivity contribution in [3.8, 4) is 17.1 Å². The monoisotopic (exact) mass is 838 g/mol. The standard InChI is InChI=1S/C58H38N4O3/c1-36(59-65)37-18-26-42(27-19-37)62-55-32-24-40(57(63)38-20-28-43(29-21-38)60-51-14-6-2-10-45(51)46-11-3-7-15-52(46)60)34-49(55)50-35-41(25-33-56(50)62)58(64)39-22-30-44(31-23-39)61-53-16-8-4-12-47(53)48-13-5-9-17-54(48)61/h2-35,65H,1H3/b59-36+. The lowest BCUT2D eigenvalue weighted by molar-refractivity contribution is 0.103. The number of aromatic nitrogens is 3. The summed E-state index contributed by atoms with van der Waals surface area (Å²) in [6, 6.07) is 68.6. The number of carbonyl (C=O) groups excluding carboxylic acids is 2. The van der Waals surface area contributed by atoms with Gasteiger partial charge in [-0.1, -0.05) is 90.1 Å². The van der Waals surface area contributed by atoms with Gasteiger partial charge in [0.1, 0.15) is 0 Å². The number of hydrogen-bond donors (Lipinski definition) is 1. The predicted octanol–water partition coefficient (Wildman–Crippen LogP) is 13.6. The van der Waals surface area contributed by atoms with Crippen molar-refractivity contribution in [2.75, 3.05) is 0 Å². The van der Waals surface area contributed by atoms with E-state index in [0.29, 0.717) is 28.0 Å². The number of para-hydroxylation sites is 4. The molecule has 0 saturated heterocycles. The number of oxime groups is 1. The van der Waals surface area contributed by atoms with Gasteiger partial charge in [0.05, 0.1) is 38.8 Å². The molecule has 0 atom stereocenters. The Morgan fingerprint density at radius 2 is 0.615 bits per heavy atom. The molecule has 308 valence electrons. The van der Waals surface area contributed by atoms with Gasteiger partial charge >= 0.3 is 0 Å². The fourth-order valence-corrected chi connectivity index (χ4v) is 9.75. The summed E-state index contributed by atoms with van der Waals surface area (Å²) in [6.45, 7) is 1.75. The van der Waals surface area contributed by atoms with Gasteiger partial charge in [0.2, 0.25) is 0 Å². The first kappa shape index (κ1) is 37.9. The van der Waals surface area contributed by atoms with Crippen LogP contribution in [0.1, 0.15) is 44.3 Å². The van der Waals surface area contributed by atoms with Gasteiger partial charge in [0.15, 0.2) is 11.6 Å². The zero-order chi connectivity index (χ0) is 43.8. The van der Waals surface area contributed by atoms with Gasteiger partial charge < -0.3 is 18.9 Å². The van der Waals surface area contributed by atoms with Crippen molar-refractivity contribution in [2.45, 2.75) is 6.92 Å². The van der Waals surface area contributed by atoms with E-state index in [1.54, 1.807) is 6.92 Å². The Hall–Kier alpha value is -8.81. The molecule has 0 saturated carbocycles. The highest BCUT2D eigenvalue weighted by atomic mass is 16.4. The van der Waals surface area contributed by atoms with Crippen molar-refractivity contribution < 1.29 is 14.8 Å². The second-order valence-electron chi connectivity index (χ2n) is 16.5. The Bertz CT molecular complexity index is 3590.